The van der Waals surface area contributed by atoms with Crippen LogP contribution in [0.3, 0.4) is 0 Å². The summed E-state index contributed by atoms with van der Waals surface area (Å²) >= 11 is 0. The molecule has 6 heteroatoms. The Bertz CT molecular complexity index is 828. The Hall–Kier alpha value is -2.34. The highest BCUT2D eigenvalue weighted by Gasteiger charge is 2.41. The number of hydrogen-bond donors (Lipinski definition) is 2. The van der Waals surface area contributed by atoms with Crippen LogP contribution in [0.4, 0.5) is 0 Å². The number of amides is 1. The molecule has 1 fully saturated rings. The van der Waals surface area contributed by atoms with Crippen molar-refractivity contribution in [3.63, 3.8) is 0 Å². The van der Waals surface area contributed by atoms with Gasteiger partial charge in [0.1, 0.15) is 5.75 Å². The third-order valence-electron chi connectivity index (χ3n) is 5.36. The van der Waals surface area contributed by atoms with E-state index in [2.05, 4.69) is 10.2 Å². The van der Waals surface area contributed by atoms with Gasteiger partial charge in [0, 0.05) is 24.7 Å². The smallest absolute Gasteiger partial charge is 0.266 e. The lowest BCUT2D eigenvalue weighted by molar-refractivity contribution is -0.144. The van der Waals surface area contributed by atoms with Gasteiger partial charge in [-0.05, 0) is 64.3 Å². The molecule has 2 aromatic rings. The highest BCUT2D eigenvalue weighted by molar-refractivity contribution is 5.85. The molecule has 6 nitrogen and oxygen atoms in total. The molecule has 0 spiro atoms. The lowest BCUT2D eigenvalue weighted by Gasteiger charge is -2.30. The molecule has 0 saturated carbocycles. The van der Waals surface area contributed by atoms with Crippen LogP contribution in [0, 0.1) is 26.7 Å². The lowest BCUT2D eigenvalue weighted by atomic mass is 10.00. The monoisotopic (exact) mass is 371 g/mol. The maximum atomic E-state index is 13.1. The summed E-state index contributed by atoms with van der Waals surface area (Å²) in [5.41, 5.74) is 3.06. The van der Waals surface area contributed by atoms with Crippen molar-refractivity contribution >= 4 is 5.91 Å². The number of benzene rings is 1. The summed E-state index contributed by atoms with van der Waals surface area (Å²) in [6.07, 6.45) is 0.0931. The Morgan fingerprint density at radius 3 is 2.74 bits per heavy atom. The first kappa shape index (κ1) is 19.4. The molecule has 27 heavy (non-hydrogen) atoms. The summed E-state index contributed by atoms with van der Waals surface area (Å²) in [6.45, 7) is 10.4. The Labute approximate surface area is 160 Å². The molecule has 0 unspecified atom stereocenters. The van der Waals surface area contributed by atoms with Crippen LogP contribution in [0.15, 0.2) is 24.3 Å². The molecular formula is C21H29N3O3. The van der Waals surface area contributed by atoms with Crippen molar-refractivity contribution in [3.8, 4) is 5.75 Å². The van der Waals surface area contributed by atoms with Gasteiger partial charge in [0.25, 0.3) is 5.91 Å². The maximum Gasteiger partial charge on any atom is 0.266 e. The number of ether oxygens (including phenoxy) is 1. The zero-order valence-electron chi connectivity index (χ0n) is 16.7. The van der Waals surface area contributed by atoms with E-state index in [4.69, 9.17) is 4.74 Å². The fourth-order valence-electron chi connectivity index (χ4n) is 3.60. The Morgan fingerprint density at radius 2 is 2.07 bits per heavy atom. The number of β-amino-alcohol motifs (C(OH)–C–C–N with tert-alkyl or cyclic N) is 1. The molecule has 1 saturated heterocycles. The number of nitrogens with zero attached hydrogens (tertiary/aromatic N) is 2. The number of H-pyrrole nitrogens is 1. The van der Waals surface area contributed by atoms with E-state index in [-0.39, 0.29) is 11.8 Å². The van der Waals surface area contributed by atoms with Gasteiger partial charge in [0.05, 0.1) is 11.8 Å². The number of aryl methyl sites for hydroxylation is 2. The molecule has 0 radical (unpaired) electrons. The molecule has 1 aromatic heterocycles. The van der Waals surface area contributed by atoms with Gasteiger partial charge in [0.15, 0.2) is 5.60 Å². The predicted molar refractivity (Wildman–Crippen MR) is 104 cm³/mol. The van der Waals surface area contributed by atoms with Crippen molar-refractivity contribution in [2.75, 3.05) is 13.1 Å². The van der Waals surface area contributed by atoms with Gasteiger partial charge in [-0.2, -0.15) is 5.10 Å². The Morgan fingerprint density at radius 1 is 1.33 bits per heavy atom. The average molecular weight is 371 g/mol. The van der Waals surface area contributed by atoms with Crippen LogP contribution in [-0.2, 0) is 11.2 Å². The highest BCUT2D eigenvalue weighted by Crippen LogP contribution is 2.28. The summed E-state index contributed by atoms with van der Waals surface area (Å²) in [6, 6.07) is 7.82. The van der Waals surface area contributed by atoms with Crippen molar-refractivity contribution in [2.24, 2.45) is 5.92 Å². The summed E-state index contributed by atoms with van der Waals surface area (Å²) in [7, 11) is 0. The standard InChI is InChI=1S/C21H29N3O3/c1-13-7-6-8-19(15(13)3)27-21(4,5)20(26)24-11-16(18(25)12-24)10-17-9-14(2)22-23-17/h6-9,16,18,25H,10-12H2,1-5H3,(H,22,23)/t16-,18-/m1/s1. The quantitative estimate of drug-likeness (QED) is 0.847. The first-order valence-corrected chi connectivity index (χ1v) is 9.41. The Balaban J connectivity index is 1.68. The number of aliphatic hydroxyl groups is 1. The molecular weight excluding hydrogens is 342 g/mol. The molecule has 3 rings (SSSR count). The summed E-state index contributed by atoms with van der Waals surface area (Å²) in [5, 5.41) is 17.6. The number of likely N-dealkylation sites (tertiary alicyclic amines) is 1. The molecule has 1 aliphatic rings. The second-order valence-electron chi connectivity index (χ2n) is 8.09. The summed E-state index contributed by atoms with van der Waals surface area (Å²) < 4.78 is 6.09. The molecule has 2 heterocycles. The van der Waals surface area contributed by atoms with Crippen LogP contribution in [-0.4, -0.2) is 50.9 Å². The first-order valence-electron chi connectivity index (χ1n) is 9.41. The number of aromatic nitrogens is 2. The van der Waals surface area contributed by atoms with Gasteiger partial charge in [-0.25, -0.2) is 0 Å². The van der Waals surface area contributed by atoms with Gasteiger partial charge < -0.3 is 14.7 Å². The second-order valence-corrected chi connectivity index (χ2v) is 8.09. The van der Waals surface area contributed by atoms with Gasteiger partial charge >= 0.3 is 0 Å². The molecule has 1 amide bonds. The number of rotatable bonds is 5. The summed E-state index contributed by atoms with van der Waals surface area (Å²) in [4.78, 5) is 14.8. The fourth-order valence-corrected chi connectivity index (χ4v) is 3.60. The Kier molecular flexibility index (Phi) is 5.29. The van der Waals surface area contributed by atoms with Crippen molar-refractivity contribution in [1.82, 2.24) is 15.1 Å². The highest BCUT2D eigenvalue weighted by atomic mass is 16.5. The number of carbonyl (C=O) groups excluding carboxylic acids is 1. The van der Waals surface area contributed by atoms with Gasteiger partial charge in [-0.15, -0.1) is 0 Å². The number of carbonyl (C=O) groups is 1. The SMILES string of the molecule is Cc1cc(C[C@@H]2CN(C(=O)C(C)(C)Oc3cccc(C)c3C)C[C@H]2O)n[nH]1. The van der Waals surface area contributed by atoms with Crippen LogP contribution in [0.2, 0.25) is 0 Å². The van der Waals surface area contributed by atoms with E-state index in [9.17, 15) is 9.90 Å². The van der Waals surface area contributed by atoms with Crippen LogP contribution in [0.5, 0.6) is 5.75 Å². The van der Waals surface area contributed by atoms with Crippen LogP contribution in [0.25, 0.3) is 0 Å². The van der Waals surface area contributed by atoms with E-state index in [1.165, 1.54) is 0 Å². The number of hydrogen-bond acceptors (Lipinski definition) is 4. The van der Waals surface area contributed by atoms with E-state index >= 15 is 0 Å². The molecule has 146 valence electrons. The summed E-state index contributed by atoms with van der Waals surface area (Å²) in [5.74, 6) is 0.591. The number of nitrogens with one attached hydrogen (secondary N) is 1. The predicted octanol–water partition coefficient (Wildman–Crippen LogP) is 2.55. The van der Waals surface area contributed by atoms with E-state index in [0.717, 1.165) is 28.3 Å². The van der Waals surface area contributed by atoms with Crippen molar-refractivity contribution in [3.05, 3.63) is 46.8 Å². The maximum absolute atomic E-state index is 13.1. The molecule has 2 N–H and O–H groups in total. The fraction of sp³-hybridized carbons (Fsp3) is 0.524. The van der Waals surface area contributed by atoms with E-state index in [1.807, 2.05) is 45.0 Å². The average Bonchev–Trinajstić information content (AvgIpc) is 3.17. The number of aliphatic hydroxyl groups excluding tert-OH is 1. The zero-order chi connectivity index (χ0) is 19.8. The van der Waals surface area contributed by atoms with Crippen LogP contribution >= 0.6 is 0 Å². The molecule has 0 aliphatic carbocycles. The lowest BCUT2D eigenvalue weighted by Crippen LogP contribution is -2.48. The third kappa shape index (κ3) is 4.16. The topological polar surface area (TPSA) is 78.5 Å². The van der Waals surface area contributed by atoms with E-state index < -0.39 is 11.7 Å². The van der Waals surface area contributed by atoms with Crippen molar-refractivity contribution in [1.29, 1.82) is 0 Å². The normalized spacial score (nSPS) is 20.1. The van der Waals surface area contributed by atoms with Gasteiger partial charge in [0.2, 0.25) is 0 Å². The molecule has 1 aromatic carbocycles. The minimum absolute atomic E-state index is 0.0202. The minimum atomic E-state index is -1.00. The van der Waals surface area contributed by atoms with E-state index in [0.29, 0.717) is 19.5 Å². The van der Waals surface area contributed by atoms with Crippen molar-refractivity contribution < 1.29 is 14.6 Å². The molecule has 0 bridgehead atoms. The van der Waals surface area contributed by atoms with Gasteiger partial charge in [-0.1, -0.05) is 12.1 Å². The molecule has 2 atom stereocenters. The zero-order valence-corrected chi connectivity index (χ0v) is 16.7. The van der Waals surface area contributed by atoms with Crippen LogP contribution in [0.1, 0.15) is 36.4 Å². The largest absolute Gasteiger partial charge is 0.478 e. The van der Waals surface area contributed by atoms with Gasteiger partial charge in [-0.3, -0.25) is 9.89 Å². The minimum Gasteiger partial charge on any atom is -0.478 e. The second kappa shape index (κ2) is 7.35. The van der Waals surface area contributed by atoms with E-state index in [1.54, 1.807) is 18.7 Å². The van der Waals surface area contributed by atoms with Crippen molar-refractivity contribution in [2.45, 2.75) is 52.7 Å². The molecule has 1 aliphatic heterocycles. The number of aromatic amines is 1. The first-order chi connectivity index (χ1) is 12.7. The third-order valence-corrected chi connectivity index (χ3v) is 5.36. The van der Waals surface area contributed by atoms with Crippen LogP contribution < -0.4 is 4.74 Å².